The van der Waals surface area contributed by atoms with E-state index in [9.17, 15) is 9.18 Å². The molecule has 0 spiro atoms. The van der Waals surface area contributed by atoms with Gasteiger partial charge in [-0.15, -0.1) is 0 Å². The normalized spacial score (nSPS) is 12.4. The molecule has 0 saturated carbocycles. The lowest BCUT2D eigenvalue weighted by molar-refractivity contribution is 0.0799. The Hall–Kier alpha value is -1.42. The largest absolute Gasteiger partial charge is 0.341 e. The van der Waals surface area contributed by atoms with E-state index in [0.29, 0.717) is 22.9 Å². The Balaban J connectivity index is 2.46. The van der Waals surface area contributed by atoms with Crippen molar-refractivity contribution < 1.29 is 9.18 Å². The first-order valence-electron chi connectivity index (χ1n) is 6.07. The summed E-state index contributed by atoms with van der Waals surface area (Å²) in [7, 11) is 1.75. The van der Waals surface area contributed by atoms with Crippen molar-refractivity contribution in [2.75, 3.05) is 13.6 Å². The third-order valence-corrected chi connectivity index (χ3v) is 3.26. The molecule has 1 unspecified atom stereocenters. The summed E-state index contributed by atoms with van der Waals surface area (Å²) in [6, 6.07) is 9.94. The van der Waals surface area contributed by atoms with Crippen LogP contribution in [0.1, 0.15) is 17.3 Å². The van der Waals surface area contributed by atoms with E-state index in [-0.39, 0.29) is 16.6 Å². The maximum atomic E-state index is 13.7. The Morgan fingerprint density at radius 1 is 1.26 bits per heavy atom. The van der Waals surface area contributed by atoms with Gasteiger partial charge in [-0.3, -0.25) is 4.79 Å². The van der Waals surface area contributed by atoms with Gasteiger partial charge >= 0.3 is 0 Å². The molecule has 0 N–H and O–H groups in total. The van der Waals surface area contributed by atoms with Gasteiger partial charge in [-0.1, -0.05) is 47.1 Å². The molecule has 0 saturated heterocycles. The Morgan fingerprint density at radius 3 is 2.53 bits per heavy atom. The first-order valence-corrected chi connectivity index (χ1v) is 6.99. The predicted molar refractivity (Wildman–Crippen MR) is 79.3 cm³/mol. The van der Waals surface area contributed by atoms with Gasteiger partial charge in [0.05, 0.1) is 0 Å². The Bertz CT molecular complexity index is 612. The summed E-state index contributed by atoms with van der Waals surface area (Å²) in [6.45, 7) is 2.58. The molecule has 2 rings (SSSR count). The van der Waals surface area contributed by atoms with Crippen LogP contribution in [-0.4, -0.2) is 29.2 Å². The van der Waals surface area contributed by atoms with Gasteiger partial charge in [0.1, 0.15) is 5.82 Å². The minimum absolute atomic E-state index is 0.0949. The summed E-state index contributed by atoms with van der Waals surface area (Å²) in [5.74, 6) is -0.397. The van der Waals surface area contributed by atoms with E-state index in [2.05, 4.69) is 15.9 Å². The maximum Gasteiger partial charge on any atom is 0.254 e. The molecule has 19 heavy (non-hydrogen) atoms. The fraction of sp³-hybridized carbons (Fsp3) is 0.267. The van der Waals surface area contributed by atoms with Crippen LogP contribution in [0, 0.1) is 5.82 Å². The number of halogens is 2. The molecule has 0 bridgehead atoms. The van der Waals surface area contributed by atoms with E-state index in [0.717, 1.165) is 0 Å². The first-order chi connectivity index (χ1) is 9.00. The second-order valence-corrected chi connectivity index (χ2v) is 6.17. The highest BCUT2D eigenvalue weighted by atomic mass is 79.9. The zero-order chi connectivity index (χ0) is 14.0. The smallest absolute Gasteiger partial charge is 0.254 e. The minimum atomic E-state index is -0.302. The maximum absolute atomic E-state index is 13.7. The highest BCUT2D eigenvalue weighted by Crippen LogP contribution is 2.23. The lowest BCUT2D eigenvalue weighted by atomic mass is 10.0. The van der Waals surface area contributed by atoms with Crippen molar-refractivity contribution in [3.63, 3.8) is 0 Å². The Morgan fingerprint density at radius 2 is 1.89 bits per heavy atom. The average molecular weight is 324 g/mol. The van der Waals surface area contributed by atoms with Gasteiger partial charge < -0.3 is 4.90 Å². The zero-order valence-corrected chi connectivity index (χ0v) is 12.4. The van der Waals surface area contributed by atoms with E-state index in [4.69, 9.17) is 0 Å². The van der Waals surface area contributed by atoms with Crippen LogP contribution in [0.15, 0.2) is 36.4 Å². The number of carbonyl (C=O) groups is 1. The van der Waals surface area contributed by atoms with Crippen LogP contribution in [-0.2, 0) is 0 Å². The second kappa shape index (κ2) is 5.70. The Labute approximate surface area is 120 Å². The SMILES string of the molecule is CC(Br)CN(C)C(=O)c1ccc(F)c2ccccc12. The van der Waals surface area contributed by atoms with E-state index in [1.54, 1.807) is 36.2 Å². The summed E-state index contributed by atoms with van der Waals surface area (Å²) < 4.78 is 13.7. The molecular formula is C15H15BrFNO. The molecule has 0 radical (unpaired) electrons. The van der Waals surface area contributed by atoms with Gasteiger partial charge in [0.2, 0.25) is 0 Å². The fourth-order valence-corrected chi connectivity index (χ4v) is 2.55. The first kappa shape index (κ1) is 14.0. The number of hydrogen-bond acceptors (Lipinski definition) is 1. The van der Waals surface area contributed by atoms with Gasteiger partial charge in [-0.05, 0) is 17.5 Å². The average Bonchev–Trinajstić information content (AvgIpc) is 2.38. The molecular weight excluding hydrogens is 309 g/mol. The number of nitrogens with zero attached hydrogens (tertiary/aromatic N) is 1. The standard InChI is InChI=1S/C15H15BrFNO/c1-10(16)9-18(2)15(19)13-7-8-14(17)12-6-4-3-5-11(12)13/h3-8,10H,9H2,1-2H3. The van der Waals surface area contributed by atoms with Crippen LogP contribution in [0.3, 0.4) is 0 Å². The van der Waals surface area contributed by atoms with Crippen molar-refractivity contribution in [3.05, 3.63) is 47.8 Å². The number of benzene rings is 2. The molecule has 0 heterocycles. The third kappa shape index (κ3) is 2.95. The van der Waals surface area contributed by atoms with Gasteiger partial charge in [0, 0.05) is 29.4 Å². The van der Waals surface area contributed by atoms with Gasteiger partial charge in [0.15, 0.2) is 0 Å². The van der Waals surface area contributed by atoms with Crippen LogP contribution >= 0.6 is 15.9 Å². The molecule has 2 aromatic carbocycles. The van der Waals surface area contributed by atoms with Crippen LogP contribution in [0.4, 0.5) is 4.39 Å². The van der Waals surface area contributed by atoms with Gasteiger partial charge in [0.25, 0.3) is 5.91 Å². The van der Waals surface area contributed by atoms with Crippen LogP contribution in [0.5, 0.6) is 0 Å². The van der Waals surface area contributed by atoms with Crippen LogP contribution < -0.4 is 0 Å². The van der Waals surface area contributed by atoms with Gasteiger partial charge in [-0.2, -0.15) is 0 Å². The fourth-order valence-electron chi connectivity index (χ4n) is 2.11. The summed E-state index contributed by atoms with van der Waals surface area (Å²) in [4.78, 5) is 14.2. The molecule has 2 aromatic rings. The summed E-state index contributed by atoms with van der Waals surface area (Å²) in [5, 5.41) is 1.13. The third-order valence-electron chi connectivity index (χ3n) is 2.97. The quantitative estimate of drug-likeness (QED) is 0.786. The molecule has 1 atom stereocenters. The highest BCUT2D eigenvalue weighted by Gasteiger charge is 2.17. The predicted octanol–water partition coefficient (Wildman–Crippen LogP) is 3.83. The number of alkyl halides is 1. The zero-order valence-electron chi connectivity index (χ0n) is 10.9. The minimum Gasteiger partial charge on any atom is -0.341 e. The van der Waals surface area contributed by atoms with E-state index < -0.39 is 0 Å². The van der Waals surface area contributed by atoms with Gasteiger partial charge in [-0.25, -0.2) is 4.39 Å². The molecule has 0 aliphatic rings. The topological polar surface area (TPSA) is 20.3 Å². The lowest BCUT2D eigenvalue weighted by Crippen LogP contribution is -2.31. The summed E-state index contributed by atoms with van der Waals surface area (Å²) >= 11 is 3.42. The molecule has 0 aliphatic heterocycles. The molecule has 2 nitrogen and oxygen atoms in total. The van der Waals surface area contributed by atoms with E-state index >= 15 is 0 Å². The number of carbonyl (C=O) groups excluding carboxylic acids is 1. The van der Waals surface area contributed by atoms with Crippen molar-refractivity contribution in [2.24, 2.45) is 0 Å². The lowest BCUT2D eigenvalue weighted by Gasteiger charge is -2.19. The molecule has 1 amide bonds. The van der Waals surface area contributed by atoms with Crippen LogP contribution in [0.2, 0.25) is 0 Å². The summed E-state index contributed by atoms with van der Waals surface area (Å²) in [6.07, 6.45) is 0. The molecule has 0 aliphatic carbocycles. The van der Waals surface area contributed by atoms with E-state index in [1.807, 2.05) is 13.0 Å². The second-order valence-electron chi connectivity index (χ2n) is 4.61. The molecule has 100 valence electrons. The van der Waals surface area contributed by atoms with Crippen molar-refractivity contribution in [1.82, 2.24) is 4.90 Å². The van der Waals surface area contributed by atoms with Crippen molar-refractivity contribution >= 4 is 32.6 Å². The number of hydrogen-bond donors (Lipinski definition) is 0. The molecule has 0 fully saturated rings. The number of rotatable bonds is 3. The van der Waals surface area contributed by atoms with E-state index in [1.165, 1.54) is 6.07 Å². The molecule has 4 heteroatoms. The van der Waals surface area contributed by atoms with Crippen molar-refractivity contribution in [1.29, 1.82) is 0 Å². The highest BCUT2D eigenvalue weighted by molar-refractivity contribution is 9.09. The molecule has 0 aromatic heterocycles. The Kier molecular flexibility index (Phi) is 4.20. The summed E-state index contributed by atoms with van der Waals surface area (Å²) in [5.41, 5.74) is 0.535. The number of fused-ring (bicyclic) bond motifs is 1. The van der Waals surface area contributed by atoms with Crippen molar-refractivity contribution in [2.45, 2.75) is 11.8 Å². The number of amides is 1. The van der Waals surface area contributed by atoms with Crippen LogP contribution in [0.25, 0.3) is 10.8 Å². The monoisotopic (exact) mass is 323 g/mol. The van der Waals surface area contributed by atoms with Crippen molar-refractivity contribution in [3.8, 4) is 0 Å².